The minimum Gasteiger partial charge on any atom is -0.492 e. The lowest BCUT2D eigenvalue weighted by Gasteiger charge is -2.36. The largest absolute Gasteiger partial charge is 0.492 e. The van der Waals surface area contributed by atoms with E-state index in [2.05, 4.69) is 41.5 Å². The van der Waals surface area contributed by atoms with E-state index in [0.717, 1.165) is 38.5 Å². The van der Waals surface area contributed by atoms with Crippen LogP contribution in [0.2, 0.25) is 0 Å². The molecule has 0 radical (unpaired) electrons. The Balaban J connectivity index is -0.00000168. The molecule has 0 aliphatic heterocycles. The molecule has 2 aromatic rings. The highest BCUT2D eigenvalue weighted by atomic mass is 16.6. The summed E-state index contributed by atoms with van der Waals surface area (Å²) in [6.45, 7) is 60.3. The molecule has 15 atom stereocenters. The zero-order valence-electron chi connectivity index (χ0n) is 89.9. The van der Waals surface area contributed by atoms with Gasteiger partial charge in [0.1, 0.15) is 74.1 Å². The fraction of sp³-hybridized carbons (Fsp3) is 0.879. The van der Waals surface area contributed by atoms with Crippen molar-refractivity contribution >= 4 is 0 Å². The Bertz CT molecular complexity index is 2540. The van der Waals surface area contributed by atoms with Crippen LogP contribution in [-0.4, -0.2) is 348 Å². The number of ether oxygens (including phenoxy) is 21. The third-order valence-corrected chi connectivity index (χ3v) is 20.8. The highest BCUT2D eigenvalue weighted by Crippen LogP contribution is 2.35. The van der Waals surface area contributed by atoms with Crippen molar-refractivity contribution < 1.29 is 99.5 Å². The van der Waals surface area contributed by atoms with Crippen molar-refractivity contribution in [2.45, 2.75) is 275 Å². The molecule has 0 fully saturated rings. The normalized spacial score (nSPS) is 17.6. The first kappa shape index (κ1) is 138. The first-order chi connectivity index (χ1) is 65.1. The van der Waals surface area contributed by atoms with E-state index in [9.17, 15) is 0 Å². The van der Waals surface area contributed by atoms with Crippen molar-refractivity contribution in [3.8, 4) is 34.5 Å². The smallest absolute Gasteiger partial charge is 0.126 e. The fourth-order valence-electron chi connectivity index (χ4n) is 12.4. The van der Waals surface area contributed by atoms with Crippen molar-refractivity contribution in [3.05, 3.63) is 36.4 Å². The van der Waals surface area contributed by atoms with Crippen LogP contribution < -0.4 is 132 Å². The van der Waals surface area contributed by atoms with Crippen LogP contribution in [0.25, 0.3) is 0 Å². The molecular weight excluding hydrogens is 1780 g/mol. The minimum absolute atomic E-state index is 0.0256. The molecule has 0 spiro atoms. The van der Waals surface area contributed by atoms with Crippen LogP contribution in [0.3, 0.4) is 0 Å². The van der Waals surface area contributed by atoms with Crippen molar-refractivity contribution in [3.63, 3.8) is 0 Å². The van der Waals surface area contributed by atoms with Gasteiger partial charge in [0.15, 0.2) is 0 Å². The van der Waals surface area contributed by atoms with Crippen LogP contribution in [0.5, 0.6) is 34.5 Å². The van der Waals surface area contributed by atoms with E-state index in [1.54, 1.807) is 36.4 Å². The minimum atomic E-state index is -0.289. The maximum atomic E-state index is 6.33. The summed E-state index contributed by atoms with van der Waals surface area (Å²) < 4.78 is 123. The standard InChI is InChI=1S/3C24H54N4O5.C15H27N3O3.C12H21N3O3/c3*1-7-23(13-29-9-19(3)25,14-30-10-20(4)26)17-33-18-24(8-2,15-31-11-21(5)27)16-32-12-22(6)28;1-10(16)7-19-13-4-14(20-8-11(2)17)6-15(5-13)21-9-12(3)18;13-1-4-16-10-7-11(17-5-2-14)9-12(8-10)18-6-3-15/h3*19-22H,7-18,25-28H2,1-6H3;4-6,10-12H,7-9,16-18H2,1-3H3;7-9H,1-6,13-15H2. The quantitative estimate of drug-likeness (QED) is 0.0438. The lowest BCUT2D eigenvalue weighted by molar-refractivity contribution is -0.113. The zero-order chi connectivity index (χ0) is 105. The van der Waals surface area contributed by atoms with Gasteiger partial charge in [-0.3, -0.25) is 0 Å². The van der Waals surface area contributed by atoms with Crippen molar-refractivity contribution in [1.82, 2.24) is 0 Å². The average Bonchev–Trinajstić information content (AvgIpc) is 0.823. The molecule has 39 heteroatoms. The van der Waals surface area contributed by atoms with E-state index in [-0.39, 0.29) is 123 Å². The van der Waals surface area contributed by atoms with Crippen molar-refractivity contribution in [1.29, 1.82) is 0 Å². The second-order valence-corrected chi connectivity index (χ2v) is 39.6. The molecule has 2 rings (SSSR count). The molecule has 138 heavy (non-hydrogen) atoms. The van der Waals surface area contributed by atoms with E-state index in [1.165, 1.54) is 0 Å². The summed E-state index contributed by atoms with van der Waals surface area (Å²) in [7, 11) is 0. The monoisotopic (exact) mass is 1990 g/mol. The molecule has 0 amide bonds. The average molecular weight is 1990 g/mol. The summed E-state index contributed by atoms with van der Waals surface area (Å²) in [6, 6.07) is 10.3. The molecule has 2 aromatic carbocycles. The first-order valence-electron chi connectivity index (χ1n) is 50.3. The Hall–Kier alpha value is -4.08. The Morgan fingerprint density at radius 3 is 0.362 bits per heavy atom. The maximum Gasteiger partial charge on any atom is 0.126 e. The highest BCUT2D eigenvalue weighted by Gasteiger charge is 2.39. The van der Waals surface area contributed by atoms with Gasteiger partial charge >= 0.3 is 0 Å². The predicted molar refractivity (Wildman–Crippen MR) is 556 cm³/mol. The molecule has 0 aliphatic carbocycles. The van der Waals surface area contributed by atoms with Crippen molar-refractivity contribution in [2.24, 2.45) is 136 Å². The van der Waals surface area contributed by atoms with Gasteiger partial charge < -0.3 is 203 Å². The van der Waals surface area contributed by atoms with Gasteiger partial charge in [-0.2, -0.15) is 0 Å². The van der Waals surface area contributed by atoms with Gasteiger partial charge in [-0.1, -0.05) is 41.5 Å². The maximum absolute atomic E-state index is 6.33. The number of hydrogen-bond acceptors (Lipinski definition) is 39. The summed E-state index contributed by atoms with van der Waals surface area (Å²) in [5.74, 6) is 3.91. The van der Waals surface area contributed by atoms with Crippen LogP contribution in [0, 0.1) is 32.5 Å². The summed E-state index contributed by atoms with van der Waals surface area (Å²) >= 11 is 0. The third kappa shape index (κ3) is 75.6. The van der Waals surface area contributed by atoms with Gasteiger partial charge in [-0.25, -0.2) is 0 Å². The predicted octanol–water partition coefficient (Wildman–Crippen LogP) is 4.32. The number of rotatable bonds is 84. The molecule has 0 saturated heterocycles. The van der Waals surface area contributed by atoms with Crippen LogP contribution in [0.1, 0.15) is 184 Å². The van der Waals surface area contributed by atoms with E-state index in [0.29, 0.717) is 292 Å². The molecule has 39 nitrogen and oxygen atoms in total. The highest BCUT2D eigenvalue weighted by molar-refractivity contribution is 5.43. The van der Waals surface area contributed by atoms with Gasteiger partial charge in [0.05, 0.1) is 198 Å². The molecule has 822 valence electrons. The number of benzene rings is 2. The SMILES string of the molecule is CC(N)COc1cc(OCC(C)N)cc(OCC(C)N)c1.CCC(COCC(C)N)(COCC(C)N)COCC(CC)(COCC(C)N)COCC(C)N.CCC(COCC(C)N)(COCC(C)N)COCC(CC)(COCC(C)N)COCC(C)N.CCC(COCC(C)N)(COCC(C)N)COCC(CC)(COCC(C)N)COCC(C)N.NCCOc1cc(OCCN)cc(OCCN)c1. The second kappa shape index (κ2) is 83.0. The number of nitrogens with two attached hydrogens (primary N) is 18. The second-order valence-electron chi connectivity index (χ2n) is 39.6. The summed E-state index contributed by atoms with van der Waals surface area (Å²) in [5.41, 5.74) is 102. The Morgan fingerprint density at radius 2 is 0.268 bits per heavy atom. The van der Waals surface area contributed by atoms with Crippen LogP contribution in [0.4, 0.5) is 0 Å². The van der Waals surface area contributed by atoms with Crippen LogP contribution in [0.15, 0.2) is 36.4 Å². The molecular formula is C99H210N18O21. The third-order valence-electron chi connectivity index (χ3n) is 20.8. The molecule has 0 bridgehead atoms. The molecule has 0 aromatic heterocycles. The van der Waals surface area contributed by atoms with Crippen LogP contribution in [-0.2, 0) is 71.1 Å². The lowest BCUT2D eigenvalue weighted by Crippen LogP contribution is -2.43. The van der Waals surface area contributed by atoms with Crippen LogP contribution >= 0.6 is 0 Å². The molecule has 36 N–H and O–H groups in total. The first-order valence-corrected chi connectivity index (χ1v) is 50.3. The summed E-state index contributed by atoms with van der Waals surface area (Å²) in [5, 5.41) is 0. The van der Waals surface area contributed by atoms with Crippen molar-refractivity contribution in [2.75, 3.05) is 257 Å². The van der Waals surface area contributed by atoms with E-state index in [4.69, 9.17) is 203 Å². The Labute approximate surface area is 834 Å². The van der Waals surface area contributed by atoms with Gasteiger partial charge in [0.25, 0.3) is 0 Å². The molecule has 0 heterocycles. The zero-order valence-corrected chi connectivity index (χ0v) is 89.9. The van der Waals surface area contributed by atoms with Gasteiger partial charge in [0.2, 0.25) is 0 Å². The lowest BCUT2D eigenvalue weighted by atomic mass is 9.86. The number of hydrogen-bond donors (Lipinski definition) is 18. The van der Waals surface area contributed by atoms with Gasteiger partial charge in [0, 0.05) is 179 Å². The Morgan fingerprint density at radius 1 is 0.167 bits per heavy atom. The van der Waals surface area contributed by atoms with E-state index in [1.807, 2.05) is 104 Å². The fourth-order valence-corrected chi connectivity index (χ4v) is 12.4. The van der Waals surface area contributed by atoms with Gasteiger partial charge in [-0.05, 0) is 142 Å². The van der Waals surface area contributed by atoms with E-state index < -0.39 is 0 Å². The molecule has 0 aliphatic rings. The molecule has 0 saturated carbocycles. The summed E-state index contributed by atoms with van der Waals surface area (Å²) in [6.07, 6.45) is 5.04. The Kier molecular flexibility index (Phi) is 83.0. The van der Waals surface area contributed by atoms with E-state index >= 15 is 0 Å². The summed E-state index contributed by atoms with van der Waals surface area (Å²) in [4.78, 5) is 0. The molecule has 15 unspecified atom stereocenters. The topological polar surface area (TPSA) is 662 Å². The van der Waals surface area contributed by atoms with Gasteiger partial charge in [-0.15, -0.1) is 0 Å².